The summed E-state index contributed by atoms with van der Waals surface area (Å²) in [5.74, 6) is -1.71. The van der Waals surface area contributed by atoms with Gasteiger partial charge in [-0.1, -0.05) is 13.0 Å². The fourth-order valence-electron chi connectivity index (χ4n) is 1.33. The summed E-state index contributed by atoms with van der Waals surface area (Å²) in [6.45, 7) is 3.19. The molecule has 0 aliphatic rings. The van der Waals surface area contributed by atoms with Crippen molar-refractivity contribution in [1.82, 2.24) is 0 Å². The summed E-state index contributed by atoms with van der Waals surface area (Å²) in [4.78, 5) is 11.1. The molecule has 0 saturated carbocycles. The summed E-state index contributed by atoms with van der Waals surface area (Å²) in [6.07, 6.45) is 0.309. The van der Waals surface area contributed by atoms with Crippen LogP contribution < -0.4 is 5.32 Å². The molecule has 17 heavy (non-hydrogen) atoms. The van der Waals surface area contributed by atoms with Crippen LogP contribution in [0.3, 0.4) is 0 Å². The molecule has 0 radical (unpaired) electrons. The molecular formula is C12H13FN2O2. The number of nitriles is 1. The molecule has 0 amide bonds. The number of nitrogens with zero attached hydrogens (tertiary/aromatic N) is 1. The second-order valence-corrected chi connectivity index (χ2v) is 3.89. The predicted molar refractivity (Wildman–Crippen MR) is 61.1 cm³/mol. The summed E-state index contributed by atoms with van der Waals surface area (Å²) in [5, 5.41) is 20.6. The molecule has 5 heteroatoms. The minimum atomic E-state index is -1.22. The SMILES string of the molecule is CCC(C)(Nc1cccc(F)c1C#N)C(=O)O. The van der Waals surface area contributed by atoms with E-state index in [1.165, 1.54) is 19.1 Å². The lowest BCUT2D eigenvalue weighted by Crippen LogP contribution is -2.42. The fourth-order valence-corrected chi connectivity index (χ4v) is 1.33. The largest absolute Gasteiger partial charge is 0.480 e. The number of anilines is 1. The van der Waals surface area contributed by atoms with E-state index in [0.29, 0.717) is 6.42 Å². The van der Waals surface area contributed by atoms with Gasteiger partial charge in [0.25, 0.3) is 0 Å². The minimum absolute atomic E-state index is 0.173. The van der Waals surface area contributed by atoms with Crippen LogP contribution >= 0.6 is 0 Å². The molecule has 0 saturated heterocycles. The first kappa shape index (κ1) is 13.0. The van der Waals surface area contributed by atoms with Crippen LogP contribution in [0, 0.1) is 17.1 Å². The number of halogens is 1. The van der Waals surface area contributed by atoms with Crippen molar-refractivity contribution >= 4 is 11.7 Å². The topological polar surface area (TPSA) is 73.1 Å². The first-order valence-electron chi connectivity index (χ1n) is 5.14. The van der Waals surface area contributed by atoms with Crippen LogP contribution in [0.5, 0.6) is 0 Å². The summed E-state index contributed by atoms with van der Waals surface area (Å²) in [6, 6.07) is 5.79. The number of hydrogen-bond acceptors (Lipinski definition) is 3. The molecule has 0 heterocycles. The second-order valence-electron chi connectivity index (χ2n) is 3.89. The first-order chi connectivity index (χ1) is 7.94. The highest BCUT2D eigenvalue weighted by atomic mass is 19.1. The van der Waals surface area contributed by atoms with Gasteiger partial charge in [-0.05, 0) is 25.5 Å². The average Bonchev–Trinajstić information content (AvgIpc) is 2.29. The third-order valence-electron chi connectivity index (χ3n) is 2.72. The Morgan fingerprint density at radius 2 is 2.29 bits per heavy atom. The molecule has 0 bridgehead atoms. The Labute approximate surface area is 98.7 Å². The first-order valence-corrected chi connectivity index (χ1v) is 5.14. The molecule has 0 aliphatic heterocycles. The van der Waals surface area contributed by atoms with Gasteiger partial charge in [-0.25, -0.2) is 9.18 Å². The van der Waals surface area contributed by atoms with Crippen molar-refractivity contribution in [2.45, 2.75) is 25.8 Å². The molecule has 0 fully saturated rings. The third-order valence-corrected chi connectivity index (χ3v) is 2.72. The smallest absolute Gasteiger partial charge is 0.329 e. The zero-order valence-electron chi connectivity index (χ0n) is 9.62. The Balaban J connectivity index is 3.16. The molecule has 0 aromatic heterocycles. The number of hydrogen-bond donors (Lipinski definition) is 2. The lowest BCUT2D eigenvalue weighted by atomic mass is 9.98. The maximum Gasteiger partial charge on any atom is 0.329 e. The molecule has 0 aliphatic carbocycles. The lowest BCUT2D eigenvalue weighted by molar-refractivity contribution is -0.141. The van der Waals surface area contributed by atoms with E-state index in [2.05, 4.69) is 5.32 Å². The molecule has 90 valence electrons. The van der Waals surface area contributed by atoms with Gasteiger partial charge >= 0.3 is 5.97 Å². The van der Waals surface area contributed by atoms with E-state index >= 15 is 0 Å². The summed E-state index contributed by atoms with van der Waals surface area (Å²) in [7, 11) is 0. The van der Waals surface area contributed by atoms with Crippen LogP contribution in [0.2, 0.25) is 0 Å². The van der Waals surface area contributed by atoms with Crippen LogP contribution in [-0.4, -0.2) is 16.6 Å². The standard InChI is InChI=1S/C12H13FN2O2/c1-3-12(2,11(16)17)15-10-6-4-5-9(13)8(10)7-14/h4-6,15H,3H2,1-2H3,(H,16,17). The van der Waals surface area contributed by atoms with Crippen molar-refractivity contribution in [2.75, 3.05) is 5.32 Å². The molecule has 1 rings (SSSR count). The van der Waals surface area contributed by atoms with Gasteiger partial charge in [0.05, 0.1) is 5.69 Å². The summed E-state index contributed by atoms with van der Waals surface area (Å²) >= 11 is 0. The third kappa shape index (κ3) is 2.53. The van der Waals surface area contributed by atoms with Crippen molar-refractivity contribution in [3.05, 3.63) is 29.6 Å². The average molecular weight is 236 g/mol. The maximum absolute atomic E-state index is 13.3. The van der Waals surface area contributed by atoms with Gasteiger partial charge in [0.1, 0.15) is 23.0 Å². The predicted octanol–water partition coefficient (Wildman–Crippen LogP) is 2.36. The number of aliphatic carboxylic acids is 1. The van der Waals surface area contributed by atoms with Crippen molar-refractivity contribution < 1.29 is 14.3 Å². The van der Waals surface area contributed by atoms with Crippen LogP contribution in [0.25, 0.3) is 0 Å². The van der Waals surface area contributed by atoms with E-state index in [-0.39, 0.29) is 11.3 Å². The summed E-state index contributed by atoms with van der Waals surface area (Å²) in [5.41, 5.74) is -1.20. The Hall–Kier alpha value is -2.09. The Morgan fingerprint density at radius 3 is 2.76 bits per heavy atom. The number of carbonyl (C=O) groups is 1. The number of nitrogens with one attached hydrogen (secondary N) is 1. The fraction of sp³-hybridized carbons (Fsp3) is 0.333. The zero-order chi connectivity index (χ0) is 13.1. The normalized spacial score (nSPS) is 13.5. The van der Waals surface area contributed by atoms with E-state index in [9.17, 15) is 9.18 Å². The molecule has 4 nitrogen and oxygen atoms in total. The van der Waals surface area contributed by atoms with Crippen molar-refractivity contribution in [3.63, 3.8) is 0 Å². The second kappa shape index (κ2) is 4.83. The van der Waals surface area contributed by atoms with Crippen molar-refractivity contribution in [3.8, 4) is 6.07 Å². The van der Waals surface area contributed by atoms with Crippen LogP contribution in [0.4, 0.5) is 10.1 Å². The van der Waals surface area contributed by atoms with E-state index in [4.69, 9.17) is 10.4 Å². The monoisotopic (exact) mass is 236 g/mol. The van der Waals surface area contributed by atoms with Crippen LogP contribution in [0.15, 0.2) is 18.2 Å². The van der Waals surface area contributed by atoms with Gasteiger partial charge in [0.15, 0.2) is 0 Å². The summed E-state index contributed by atoms with van der Waals surface area (Å²) < 4.78 is 13.3. The number of carboxylic acid groups (broad SMARTS) is 1. The van der Waals surface area contributed by atoms with Crippen LogP contribution in [0.1, 0.15) is 25.8 Å². The van der Waals surface area contributed by atoms with Gasteiger partial charge in [-0.2, -0.15) is 5.26 Å². The number of carboxylic acids is 1. The molecule has 1 aromatic carbocycles. The quantitative estimate of drug-likeness (QED) is 0.841. The number of rotatable bonds is 4. The van der Waals surface area contributed by atoms with E-state index in [1.54, 1.807) is 13.0 Å². The minimum Gasteiger partial charge on any atom is -0.480 e. The van der Waals surface area contributed by atoms with E-state index in [1.807, 2.05) is 0 Å². The molecular weight excluding hydrogens is 223 g/mol. The number of benzene rings is 1. The van der Waals surface area contributed by atoms with Crippen LogP contribution in [-0.2, 0) is 4.79 Å². The molecule has 1 aromatic rings. The molecule has 2 N–H and O–H groups in total. The van der Waals surface area contributed by atoms with Gasteiger partial charge in [0.2, 0.25) is 0 Å². The zero-order valence-corrected chi connectivity index (χ0v) is 9.62. The van der Waals surface area contributed by atoms with E-state index in [0.717, 1.165) is 6.07 Å². The Morgan fingerprint density at radius 1 is 1.65 bits per heavy atom. The lowest BCUT2D eigenvalue weighted by Gasteiger charge is -2.26. The van der Waals surface area contributed by atoms with Crippen molar-refractivity contribution in [2.24, 2.45) is 0 Å². The van der Waals surface area contributed by atoms with E-state index < -0.39 is 17.3 Å². The van der Waals surface area contributed by atoms with Crippen molar-refractivity contribution in [1.29, 1.82) is 5.26 Å². The molecule has 1 unspecified atom stereocenters. The van der Waals surface area contributed by atoms with Gasteiger partial charge < -0.3 is 10.4 Å². The maximum atomic E-state index is 13.3. The molecule has 1 atom stereocenters. The van der Waals surface area contributed by atoms with Gasteiger partial charge in [0, 0.05) is 0 Å². The molecule has 0 spiro atoms. The Bertz CT molecular complexity index is 482. The highest BCUT2D eigenvalue weighted by Gasteiger charge is 2.31. The highest BCUT2D eigenvalue weighted by Crippen LogP contribution is 2.23. The highest BCUT2D eigenvalue weighted by molar-refractivity contribution is 5.82. The Kier molecular flexibility index (Phi) is 3.69. The van der Waals surface area contributed by atoms with Gasteiger partial charge in [-0.3, -0.25) is 0 Å². The van der Waals surface area contributed by atoms with Gasteiger partial charge in [-0.15, -0.1) is 0 Å².